The fraction of sp³-hybridized carbons (Fsp3) is 0.417. The first-order valence-electron chi connectivity index (χ1n) is 5.73. The van der Waals surface area contributed by atoms with Crippen molar-refractivity contribution in [3.63, 3.8) is 0 Å². The van der Waals surface area contributed by atoms with Crippen LogP contribution in [-0.2, 0) is 4.79 Å². The number of anilines is 1. The summed E-state index contributed by atoms with van der Waals surface area (Å²) in [6, 6.07) is 3.90. The Bertz CT molecular complexity index is 578. The molecule has 0 saturated carbocycles. The van der Waals surface area contributed by atoms with Crippen LogP contribution in [0.15, 0.2) is 18.5 Å². The Kier molecular flexibility index (Phi) is 3.18. The van der Waals surface area contributed by atoms with Gasteiger partial charge in [0.1, 0.15) is 12.1 Å². The van der Waals surface area contributed by atoms with Crippen molar-refractivity contribution in [1.82, 2.24) is 14.6 Å². The van der Waals surface area contributed by atoms with E-state index in [1.54, 1.807) is 11.4 Å². The summed E-state index contributed by atoms with van der Waals surface area (Å²) < 4.78 is 1.71. The van der Waals surface area contributed by atoms with Crippen molar-refractivity contribution < 1.29 is 9.90 Å². The molecule has 0 saturated heterocycles. The third kappa shape index (κ3) is 2.27. The fourth-order valence-corrected chi connectivity index (χ4v) is 1.89. The lowest BCUT2D eigenvalue weighted by molar-refractivity contribution is -0.140. The van der Waals surface area contributed by atoms with Gasteiger partial charge in [-0.25, -0.2) is 4.98 Å². The first-order chi connectivity index (χ1) is 8.49. The summed E-state index contributed by atoms with van der Waals surface area (Å²) in [4.78, 5) is 16.9. The average molecular weight is 248 g/mol. The number of carboxylic acids is 1. The van der Waals surface area contributed by atoms with Gasteiger partial charge in [0.25, 0.3) is 0 Å². The van der Waals surface area contributed by atoms with E-state index in [0.717, 1.165) is 17.0 Å². The van der Waals surface area contributed by atoms with Gasteiger partial charge in [-0.3, -0.25) is 4.79 Å². The molecule has 96 valence electrons. The van der Waals surface area contributed by atoms with E-state index in [-0.39, 0.29) is 0 Å². The Balaban J connectivity index is 2.34. The molecule has 6 heteroatoms. The molecule has 0 aromatic carbocycles. The van der Waals surface area contributed by atoms with Gasteiger partial charge in [0.05, 0.1) is 5.92 Å². The summed E-state index contributed by atoms with van der Waals surface area (Å²) in [6.07, 6.45) is 1.49. The maximum Gasteiger partial charge on any atom is 0.308 e. The van der Waals surface area contributed by atoms with Crippen LogP contribution in [0.2, 0.25) is 0 Å². The Morgan fingerprint density at radius 1 is 1.56 bits per heavy atom. The summed E-state index contributed by atoms with van der Waals surface area (Å²) in [6.45, 7) is 4.09. The van der Waals surface area contributed by atoms with E-state index in [0.29, 0.717) is 6.54 Å². The van der Waals surface area contributed by atoms with Crippen LogP contribution in [-0.4, -0.2) is 39.3 Å². The molecule has 18 heavy (non-hydrogen) atoms. The Hall–Kier alpha value is -2.11. The lowest BCUT2D eigenvalue weighted by atomic mass is 10.1. The minimum Gasteiger partial charge on any atom is -0.481 e. The van der Waals surface area contributed by atoms with Crippen molar-refractivity contribution in [3.05, 3.63) is 24.0 Å². The van der Waals surface area contributed by atoms with Crippen molar-refractivity contribution in [3.8, 4) is 0 Å². The van der Waals surface area contributed by atoms with E-state index in [1.165, 1.54) is 6.33 Å². The molecule has 0 aliphatic rings. The summed E-state index contributed by atoms with van der Waals surface area (Å²) in [7, 11) is 1.86. The Morgan fingerprint density at radius 3 is 2.94 bits per heavy atom. The van der Waals surface area contributed by atoms with Gasteiger partial charge in [-0.2, -0.15) is 9.61 Å². The minimum atomic E-state index is -0.802. The predicted octanol–water partition coefficient (Wildman–Crippen LogP) is 1.19. The quantitative estimate of drug-likeness (QED) is 0.880. The number of aryl methyl sites for hydroxylation is 1. The number of carbonyl (C=O) groups is 1. The first kappa shape index (κ1) is 12.3. The minimum absolute atomic E-state index is 0.424. The van der Waals surface area contributed by atoms with Crippen LogP contribution in [0.5, 0.6) is 0 Å². The van der Waals surface area contributed by atoms with E-state index < -0.39 is 11.9 Å². The third-order valence-electron chi connectivity index (χ3n) is 2.87. The Labute approximate surface area is 105 Å². The largest absolute Gasteiger partial charge is 0.481 e. The van der Waals surface area contributed by atoms with Crippen LogP contribution < -0.4 is 4.90 Å². The van der Waals surface area contributed by atoms with E-state index in [9.17, 15) is 4.79 Å². The molecule has 2 heterocycles. The van der Waals surface area contributed by atoms with Crippen LogP contribution in [0, 0.1) is 12.8 Å². The van der Waals surface area contributed by atoms with E-state index >= 15 is 0 Å². The summed E-state index contributed by atoms with van der Waals surface area (Å²) in [5.74, 6) is -0.394. The molecule has 0 spiro atoms. The van der Waals surface area contributed by atoms with Crippen molar-refractivity contribution in [1.29, 1.82) is 0 Å². The highest BCUT2D eigenvalue weighted by Crippen LogP contribution is 2.17. The number of aliphatic carboxylic acids is 1. The molecule has 0 aliphatic heterocycles. The topological polar surface area (TPSA) is 70.7 Å². The molecule has 2 rings (SSSR count). The first-order valence-corrected chi connectivity index (χ1v) is 5.73. The maximum absolute atomic E-state index is 10.9. The molecule has 0 bridgehead atoms. The zero-order chi connectivity index (χ0) is 13.3. The van der Waals surface area contributed by atoms with Gasteiger partial charge in [0.2, 0.25) is 0 Å². The molecule has 1 atom stereocenters. The number of hydrogen-bond donors (Lipinski definition) is 1. The second kappa shape index (κ2) is 4.64. The van der Waals surface area contributed by atoms with Gasteiger partial charge in [-0.15, -0.1) is 0 Å². The second-order valence-electron chi connectivity index (χ2n) is 4.54. The van der Waals surface area contributed by atoms with Crippen LogP contribution in [0.4, 0.5) is 5.82 Å². The Morgan fingerprint density at radius 2 is 2.28 bits per heavy atom. The number of pyridine rings is 1. The van der Waals surface area contributed by atoms with Crippen molar-refractivity contribution in [2.45, 2.75) is 13.8 Å². The van der Waals surface area contributed by atoms with Crippen molar-refractivity contribution in [2.75, 3.05) is 18.5 Å². The number of hydrogen-bond acceptors (Lipinski definition) is 4. The molecule has 0 amide bonds. The summed E-state index contributed by atoms with van der Waals surface area (Å²) >= 11 is 0. The van der Waals surface area contributed by atoms with E-state index in [2.05, 4.69) is 10.1 Å². The van der Waals surface area contributed by atoms with Gasteiger partial charge >= 0.3 is 5.97 Å². The molecule has 2 aromatic rings. The predicted molar refractivity (Wildman–Crippen MR) is 67.8 cm³/mol. The van der Waals surface area contributed by atoms with Gasteiger partial charge < -0.3 is 10.0 Å². The van der Waals surface area contributed by atoms with Crippen LogP contribution in [0.3, 0.4) is 0 Å². The number of aromatic nitrogens is 3. The third-order valence-corrected chi connectivity index (χ3v) is 2.87. The highest BCUT2D eigenvalue weighted by atomic mass is 16.4. The highest BCUT2D eigenvalue weighted by molar-refractivity contribution is 5.70. The van der Waals surface area contributed by atoms with Crippen molar-refractivity contribution >= 4 is 17.4 Å². The molecular formula is C12H16N4O2. The van der Waals surface area contributed by atoms with Gasteiger partial charge in [0, 0.05) is 13.6 Å². The molecule has 0 fully saturated rings. The van der Waals surface area contributed by atoms with Crippen LogP contribution >= 0.6 is 0 Å². The zero-order valence-electron chi connectivity index (χ0n) is 10.7. The molecule has 1 unspecified atom stereocenters. The number of rotatable bonds is 4. The number of carboxylic acid groups (broad SMARTS) is 1. The molecule has 6 nitrogen and oxygen atoms in total. The van der Waals surface area contributed by atoms with Crippen molar-refractivity contribution in [2.24, 2.45) is 5.92 Å². The molecule has 2 aromatic heterocycles. The molecule has 1 N–H and O–H groups in total. The number of fused-ring (bicyclic) bond motifs is 1. The van der Waals surface area contributed by atoms with Gasteiger partial charge in [-0.05, 0) is 24.6 Å². The summed E-state index contributed by atoms with van der Waals surface area (Å²) in [5, 5.41) is 13.1. The van der Waals surface area contributed by atoms with Crippen LogP contribution in [0.1, 0.15) is 12.5 Å². The standard InChI is InChI=1S/C12H16N4O2/c1-8-4-10-13-7-14-16(10)11(5-8)15(3)6-9(2)12(17)18/h4-5,7,9H,6H2,1-3H3,(H,17,18). The summed E-state index contributed by atoms with van der Waals surface area (Å²) in [5.41, 5.74) is 1.83. The number of nitrogens with zero attached hydrogens (tertiary/aromatic N) is 4. The lowest BCUT2D eigenvalue weighted by Crippen LogP contribution is -2.29. The second-order valence-corrected chi connectivity index (χ2v) is 4.54. The lowest BCUT2D eigenvalue weighted by Gasteiger charge is -2.22. The maximum atomic E-state index is 10.9. The van der Waals surface area contributed by atoms with Crippen LogP contribution in [0.25, 0.3) is 5.65 Å². The highest BCUT2D eigenvalue weighted by Gasteiger charge is 2.16. The normalized spacial score (nSPS) is 12.6. The molecule has 0 radical (unpaired) electrons. The molecular weight excluding hydrogens is 232 g/mol. The monoisotopic (exact) mass is 248 g/mol. The SMILES string of the molecule is Cc1cc(N(C)CC(C)C(=O)O)n2ncnc2c1. The van der Waals surface area contributed by atoms with E-state index in [1.807, 2.05) is 31.0 Å². The molecule has 0 aliphatic carbocycles. The van der Waals surface area contributed by atoms with Gasteiger partial charge in [-0.1, -0.05) is 6.92 Å². The van der Waals surface area contributed by atoms with E-state index in [4.69, 9.17) is 5.11 Å². The zero-order valence-corrected chi connectivity index (χ0v) is 10.7. The fourth-order valence-electron chi connectivity index (χ4n) is 1.89. The van der Waals surface area contributed by atoms with Gasteiger partial charge in [0.15, 0.2) is 5.65 Å². The average Bonchev–Trinajstić information content (AvgIpc) is 2.75. The smallest absolute Gasteiger partial charge is 0.308 e.